The maximum atomic E-state index is 9.15. The van der Waals surface area contributed by atoms with Crippen molar-refractivity contribution in [1.29, 1.82) is 0 Å². The SMILES string of the molecule is OCc1cnnn1CCc1csc(-c2ccc(Cl)cc2)n1. The van der Waals surface area contributed by atoms with Gasteiger partial charge in [0.15, 0.2) is 0 Å². The smallest absolute Gasteiger partial charge is 0.123 e. The van der Waals surface area contributed by atoms with Gasteiger partial charge in [0.2, 0.25) is 0 Å². The average Bonchev–Trinajstić information content (AvgIpc) is 3.14. The van der Waals surface area contributed by atoms with Gasteiger partial charge < -0.3 is 5.11 Å². The van der Waals surface area contributed by atoms with Crippen LogP contribution in [0.15, 0.2) is 35.8 Å². The van der Waals surface area contributed by atoms with Crippen LogP contribution in [0, 0.1) is 0 Å². The molecule has 3 aromatic rings. The van der Waals surface area contributed by atoms with Crippen molar-refractivity contribution in [2.75, 3.05) is 0 Å². The van der Waals surface area contributed by atoms with Gasteiger partial charge in [0, 0.05) is 28.9 Å². The molecule has 0 spiro atoms. The van der Waals surface area contributed by atoms with Crippen LogP contribution in [0.2, 0.25) is 5.02 Å². The third-order valence-electron chi connectivity index (χ3n) is 3.08. The van der Waals surface area contributed by atoms with Crippen molar-refractivity contribution in [2.24, 2.45) is 0 Å². The number of benzene rings is 1. The van der Waals surface area contributed by atoms with Gasteiger partial charge in [-0.3, -0.25) is 0 Å². The van der Waals surface area contributed by atoms with E-state index >= 15 is 0 Å². The van der Waals surface area contributed by atoms with Crippen molar-refractivity contribution in [1.82, 2.24) is 20.0 Å². The maximum absolute atomic E-state index is 9.15. The minimum Gasteiger partial charge on any atom is -0.390 e. The molecular formula is C14H13ClN4OS. The first kappa shape index (κ1) is 14.2. The topological polar surface area (TPSA) is 63.8 Å². The molecule has 7 heteroatoms. The molecule has 1 N–H and O–H groups in total. The Hall–Kier alpha value is -1.76. The molecule has 1 aromatic carbocycles. The Balaban J connectivity index is 1.69. The highest BCUT2D eigenvalue weighted by Gasteiger charge is 2.07. The summed E-state index contributed by atoms with van der Waals surface area (Å²) in [5.74, 6) is 0. The van der Waals surface area contributed by atoms with Crippen LogP contribution in [-0.2, 0) is 19.6 Å². The summed E-state index contributed by atoms with van der Waals surface area (Å²) in [5.41, 5.74) is 2.78. The summed E-state index contributed by atoms with van der Waals surface area (Å²) in [4.78, 5) is 4.62. The Morgan fingerprint density at radius 3 is 2.81 bits per heavy atom. The fraction of sp³-hybridized carbons (Fsp3) is 0.214. The van der Waals surface area contributed by atoms with Crippen molar-refractivity contribution in [2.45, 2.75) is 19.6 Å². The van der Waals surface area contributed by atoms with E-state index in [4.69, 9.17) is 16.7 Å². The number of halogens is 1. The van der Waals surface area contributed by atoms with Gasteiger partial charge in [-0.25, -0.2) is 9.67 Å². The summed E-state index contributed by atoms with van der Waals surface area (Å²) in [7, 11) is 0. The summed E-state index contributed by atoms with van der Waals surface area (Å²) < 4.78 is 1.70. The molecule has 0 atom stereocenters. The predicted octanol–water partition coefficient (Wildman–Crippen LogP) is 2.79. The molecule has 2 aromatic heterocycles. The van der Waals surface area contributed by atoms with Gasteiger partial charge >= 0.3 is 0 Å². The monoisotopic (exact) mass is 320 g/mol. The zero-order valence-electron chi connectivity index (χ0n) is 11.1. The summed E-state index contributed by atoms with van der Waals surface area (Å²) >= 11 is 7.49. The number of hydrogen-bond acceptors (Lipinski definition) is 5. The maximum Gasteiger partial charge on any atom is 0.123 e. The van der Waals surface area contributed by atoms with Gasteiger partial charge in [-0.1, -0.05) is 28.9 Å². The van der Waals surface area contributed by atoms with Crippen LogP contribution in [0.25, 0.3) is 10.6 Å². The largest absolute Gasteiger partial charge is 0.390 e. The Bertz CT molecular complexity index is 723. The van der Waals surface area contributed by atoms with Gasteiger partial charge in [-0.2, -0.15) is 0 Å². The molecule has 0 radical (unpaired) electrons. The molecule has 0 unspecified atom stereocenters. The Morgan fingerprint density at radius 1 is 1.24 bits per heavy atom. The zero-order valence-corrected chi connectivity index (χ0v) is 12.7. The Kier molecular flexibility index (Phi) is 4.28. The summed E-state index contributed by atoms with van der Waals surface area (Å²) in [6.07, 6.45) is 2.32. The van der Waals surface area contributed by atoms with Crippen molar-refractivity contribution >= 4 is 22.9 Å². The van der Waals surface area contributed by atoms with E-state index in [2.05, 4.69) is 15.3 Å². The lowest BCUT2D eigenvalue weighted by molar-refractivity contribution is 0.267. The van der Waals surface area contributed by atoms with E-state index in [1.54, 1.807) is 22.2 Å². The first-order chi connectivity index (χ1) is 10.3. The van der Waals surface area contributed by atoms with E-state index in [1.165, 1.54) is 0 Å². The van der Waals surface area contributed by atoms with E-state index in [1.807, 2.05) is 29.6 Å². The van der Waals surface area contributed by atoms with Crippen molar-refractivity contribution < 1.29 is 5.11 Å². The number of aromatic nitrogens is 4. The second-order valence-electron chi connectivity index (χ2n) is 4.51. The van der Waals surface area contributed by atoms with Crippen LogP contribution in [0.4, 0.5) is 0 Å². The van der Waals surface area contributed by atoms with Crippen LogP contribution in [0.3, 0.4) is 0 Å². The molecule has 0 aliphatic rings. The number of hydrogen-bond donors (Lipinski definition) is 1. The number of aliphatic hydroxyl groups excluding tert-OH is 1. The van der Waals surface area contributed by atoms with Crippen LogP contribution < -0.4 is 0 Å². The van der Waals surface area contributed by atoms with Gasteiger partial charge in [0.1, 0.15) is 5.01 Å². The zero-order chi connectivity index (χ0) is 14.7. The fourth-order valence-corrected chi connectivity index (χ4v) is 2.94. The van der Waals surface area contributed by atoms with Crippen LogP contribution in [0.5, 0.6) is 0 Å². The third kappa shape index (κ3) is 3.29. The Labute approximate surface area is 130 Å². The molecular weight excluding hydrogens is 308 g/mol. The molecule has 0 aliphatic carbocycles. The Morgan fingerprint density at radius 2 is 2.05 bits per heavy atom. The first-order valence-corrected chi connectivity index (χ1v) is 7.70. The highest BCUT2D eigenvalue weighted by Crippen LogP contribution is 2.25. The molecule has 108 valence electrons. The minimum atomic E-state index is -0.0555. The number of nitrogens with zero attached hydrogens (tertiary/aromatic N) is 4. The summed E-state index contributed by atoms with van der Waals surface area (Å²) in [5, 5.41) is 20.6. The molecule has 0 aliphatic heterocycles. The molecule has 0 saturated carbocycles. The molecule has 21 heavy (non-hydrogen) atoms. The minimum absolute atomic E-state index is 0.0555. The first-order valence-electron chi connectivity index (χ1n) is 6.45. The molecule has 0 saturated heterocycles. The lowest BCUT2D eigenvalue weighted by Crippen LogP contribution is -2.07. The van der Waals surface area contributed by atoms with E-state index in [-0.39, 0.29) is 6.61 Å². The molecule has 3 rings (SSSR count). The lowest BCUT2D eigenvalue weighted by atomic mass is 10.2. The standard InChI is InChI=1S/C14H13ClN4OS/c15-11-3-1-10(2-4-11)14-17-12(9-21-14)5-6-19-13(8-20)7-16-18-19/h1-4,7,9,20H,5-6,8H2. The van der Waals surface area contributed by atoms with Gasteiger partial charge in [0.25, 0.3) is 0 Å². The number of aryl methyl sites for hydroxylation is 2. The van der Waals surface area contributed by atoms with Crippen molar-refractivity contribution in [3.63, 3.8) is 0 Å². The van der Waals surface area contributed by atoms with Crippen LogP contribution >= 0.6 is 22.9 Å². The number of thiazole rings is 1. The fourth-order valence-electron chi connectivity index (χ4n) is 1.96. The van der Waals surface area contributed by atoms with E-state index in [0.29, 0.717) is 12.2 Å². The van der Waals surface area contributed by atoms with Gasteiger partial charge in [0.05, 0.1) is 24.2 Å². The van der Waals surface area contributed by atoms with Gasteiger partial charge in [-0.15, -0.1) is 16.4 Å². The van der Waals surface area contributed by atoms with Crippen LogP contribution in [-0.4, -0.2) is 25.1 Å². The van der Waals surface area contributed by atoms with E-state index < -0.39 is 0 Å². The number of aliphatic hydroxyl groups is 1. The van der Waals surface area contributed by atoms with E-state index in [9.17, 15) is 0 Å². The normalized spacial score (nSPS) is 11.0. The summed E-state index contributed by atoms with van der Waals surface area (Å²) in [6, 6.07) is 7.65. The predicted molar refractivity (Wildman–Crippen MR) is 82.2 cm³/mol. The van der Waals surface area contributed by atoms with E-state index in [0.717, 1.165) is 27.7 Å². The quantitative estimate of drug-likeness (QED) is 0.785. The molecule has 2 heterocycles. The molecule has 0 fully saturated rings. The highest BCUT2D eigenvalue weighted by molar-refractivity contribution is 7.13. The van der Waals surface area contributed by atoms with Gasteiger partial charge in [-0.05, 0) is 12.1 Å². The third-order valence-corrected chi connectivity index (χ3v) is 4.27. The van der Waals surface area contributed by atoms with Crippen LogP contribution in [0.1, 0.15) is 11.4 Å². The highest BCUT2D eigenvalue weighted by atomic mass is 35.5. The molecule has 5 nitrogen and oxygen atoms in total. The van der Waals surface area contributed by atoms with Crippen molar-refractivity contribution in [3.05, 3.63) is 52.3 Å². The lowest BCUT2D eigenvalue weighted by Gasteiger charge is -2.02. The molecule has 0 amide bonds. The molecule has 0 bridgehead atoms. The second-order valence-corrected chi connectivity index (χ2v) is 5.80. The average molecular weight is 321 g/mol. The summed E-state index contributed by atoms with van der Waals surface area (Å²) in [6.45, 7) is 0.597. The second kappa shape index (κ2) is 6.34. The number of rotatable bonds is 5. The van der Waals surface area contributed by atoms with Crippen molar-refractivity contribution in [3.8, 4) is 10.6 Å².